The standard InChI is InChI=1S/C25H34N6O5/c1-15(2)21(31-22(32)18-9-6-10-27-18)24(34)29-19(11-16-7-4-3-5-8-16)23(33)30-20(25(35)36)12-17-13-26-14-28-17/h3-5,7-8,13-15,18-21,27H,6,9-12H2,1-2H3,(H,26,28)(H,29,34)(H,30,33)(H,31,32)(H,35,36). The van der Waals surface area contributed by atoms with Crippen molar-refractivity contribution in [3.8, 4) is 0 Å². The normalized spacial score (nSPS) is 17.7. The summed E-state index contributed by atoms with van der Waals surface area (Å²) in [4.78, 5) is 57.7. The van der Waals surface area contributed by atoms with E-state index >= 15 is 0 Å². The molecule has 1 aliphatic rings. The number of carbonyl (C=O) groups excluding carboxylic acids is 3. The van der Waals surface area contributed by atoms with Crippen molar-refractivity contribution in [1.82, 2.24) is 31.2 Å². The fourth-order valence-corrected chi connectivity index (χ4v) is 4.11. The molecule has 11 nitrogen and oxygen atoms in total. The highest BCUT2D eigenvalue weighted by atomic mass is 16.4. The Morgan fingerprint density at radius 3 is 2.33 bits per heavy atom. The van der Waals surface area contributed by atoms with E-state index in [1.54, 1.807) is 0 Å². The number of nitrogens with zero attached hydrogens (tertiary/aromatic N) is 1. The maximum absolute atomic E-state index is 13.3. The number of aromatic nitrogens is 2. The molecule has 36 heavy (non-hydrogen) atoms. The first-order valence-corrected chi connectivity index (χ1v) is 12.1. The molecule has 1 saturated heterocycles. The van der Waals surface area contributed by atoms with Crippen LogP contribution in [0.15, 0.2) is 42.9 Å². The number of imidazole rings is 1. The summed E-state index contributed by atoms with van der Waals surface area (Å²) in [7, 11) is 0. The molecule has 194 valence electrons. The van der Waals surface area contributed by atoms with Crippen molar-refractivity contribution < 1.29 is 24.3 Å². The lowest BCUT2D eigenvalue weighted by molar-refractivity contribution is -0.142. The van der Waals surface area contributed by atoms with Crippen LogP contribution >= 0.6 is 0 Å². The van der Waals surface area contributed by atoms with E-state index in [0.29, 0.717) is 12.1 Å². The number of carboxylic acids is 1. The molecule has 0 saturated carbocycles. The molecule has 0 spiro atoms. The molecule has 4 atom stereocenters. The van der Waals surface area contributed by atoms with Gasteiger partial charge in [0, 0.05) is 24.7 Å². The van der Waals surface area contributed by atoms with Gasteiger partial charge in [0.15, 0.2) is 0 Å². The second-order valence-electron chi connectivity index (χ2n) is 9.31. The molecule has 6 N–H and O–H groups in total. The molecule has 1 aliphatic heterocycles. The highest BCUT2D eigenvalue weighted by Crippen LogP contribution is 2.10. The van der Waals surface area contributed by atoms with Crippen LogP contribution in [-0.2, 0) is 32.0 Å². The van der Waals surface area contributed by atoms with Gasteiger partial charge in [-0.05, 0) is 30.9 Å². The van der Waals surface area contributed by atoms with Crippen LogP contribution in [0, 0.1) is 5.92 Å². The minimum absolute atomic E-state index is 0.00609. The van der Waals surface area contributed by atoms with Crippen LogP contribution in [0.1, 0.15) is 37.9 Å². The zero-order valence-corrected chi connectivity index (χ0v) is 20.5. The monoisotopic (exact) mass is 498 g/mol. The molecule has 1 fully saturated rings. The van der Waals surface area contributed by atoms with Gasteiger partial charge in [0.25, 0.3) is 0 Å². The zero-order chi connectivity index (χ0) is 26.1. The minimum atomic E-state index is -1.22. The fraction of sp³-hybridized carbons (Fsp3) is 0.480. The second kappa shape index (κ2) is 12.8. The van der Waals surface area contributed by atoms with E-state index in [1.807, 2.05) is 44.2 Å². The highest BCUT2D eigenvalue weighted by Gasteiger charge is 2.33. The van der Waals surface area contributed by atoms with Crippen LogP contribution in [0.3, 0.4) is 0 Å². The SMILES string of the molecule is CC(C)C(NC(=O)C1CCCN1)C(=O)NC(Cc1ccccc1)C(=O)NC(Cc1cnc[nH]1)C(=O)O. The molecule has 0 bridgehead atoms. The molecular weight excluding hydrogens is 464 g/mol. The van der Waals surface area contributed by atoms with Crippen molar-refractivity contribution in [2.45, 2.75) is 63.7 Å². The molecule has 2 aromatic rings. The minimum Gasteiger partial charge on any atom is -0.480 e. The topological polar surface area (TPSA) is 165 Å². The third kappa shape index (κ3) is 7.64. The molecule has 2 heterocycles. The van der Waals surface area contributed by atoms with E-state index in [4.69, 9.17) is 0 Å². The Balaban J connectivity index is 1.74. The Morgan fingerprint density at radius 2 is 1.75 bits per heavy atom. The smallest absolute Gasteiger partial charge is 0.326 e. The predicted octanol–water partition coefficient (Wildman–Crippen LogP) is 0.142. The number of amides is 3. The van der Waals surface area contributed by atoms with Crippen molar-refractivity contribution in [3.63, 3.8) is 0 Å². The van der Waals surface area contributed by atoms with Crippen LogP contribution < -0.4 is 21.3 Å². The number of aromatic amines is 1. The highest BCUT2D eigenvalue weighted by molar-refractivity contribution is 5.94. The Kier molecular flexibility index (Phi) is 9.57. The summed E-state index contributed by atoms with van der Waals surface area (Å²) in [6.07, 6.45) is 4.66. The number of H-pyrrole nitrogens is 1. The van der Waals surface area contributed by atoms with Gasteiger partial charge in [0.1, 0.15) is 18.1 Å². The quantitative estimate of drug-likeness (QED) is 0.242. The van der Waals surface area contributed by atoms with Crippen LogP contribution in [0.4, 0.5) is 0 Å². The Labute approximate surface area is 209 Å². The molecule has 11 heteroatoms. The number of hydrogen-bond donors (Lipinski definition) is 6. The predicted molar refractivity (Wildman–Crippen MR) is 132 cm³/mol. The van der Waals surface area contributed by atoms with Gasteiger partial charge in [-0.25, -0.2) is 9.78 Å². The van der Waals surface area contributed by atoms with Gasteiger partial charge in [0.2, 0.25) is 17.7 Å². The summed E-state index contributed by atoms with van der Waals surface area (Å²) in [6.45, 7) is 4.37. The van der Waals surface area contributed by atoms with Crippen LogP contribution in [0.2, 0.25) is 0 Å². The van der Waals surface area contributed by atoms with Gasteiger partial charge in [0.05, 0.1) is 12.4 Å². The van der Waals surface area contributed by atoms with Gasteiger partial charge in [-0.3, -0.25) is 14.4 Å². The third-order valence-corrected chi connectivity index (χ3v) is 6.13. The zero-order valence-electron chi connectivity index (χ0n) is 20.5. The molecule has 3 amide bonds. The first-order valence-electron chi connectivity index (χ1n) is 12.1. The lowest BCUT2D eigenvalue weighted by Crippen LogP contribution is -2.59. The lowest BCUT2D eigenvalue weighted by Gasteiger charge is -2.27. The fourth-order valence-electron chi connectivity index (χ4n) is 4.11. The lowest BCUT2D eigenvalue weighted by atomic mass is 10.00. The van der Waals surface area contributed by atoms with Crippen molar-refractivity contribution in [1.29, 1.82) is 0 Å². The van der Waals surface area contributed by atoms with E-state index < -0.39 is 35.9 Å². The van der Waals surface area contributed by atoms with E-state index in [9.17, 15) is 24.3 Å². The molecule has 4 unspecified atom stereocenters. The van der Waals surface area contributed by atoms with Gasteiger partial charge >= 0.3 is 5.97 Å². The summed E-state index contributed by atoms with van der Waals surface area (Å²) < 4.78 is 0. The van der Waals surface area contributed by atoms with Crippen molar-refractivity contribution >= 4 is 23.7 Å². The molecule has 0 radical (unpaired) electrons. The summed E-state index contributed by atoms with van der Waals surface area (Å²) >= 11 is 0. The number of rotatable bonds is 12. The van der Waals surface area contributed by atoms with Crippen LogP contribution in [-0.4, -0.2) is 69.5 Å². The van der Waals surface area contributed by atoms with Crippen molar-refractivity contribution in [2.24, 2.45) is 5.92 Å². The van der Waals surface area contributed by atoms with Gasteiger partial charge in [-0.15, -0.1) is 0 Å². The van der Waals surface area contributed by atoms with Crippen molar-refractivity contribution in [2.75, 3.05) is 6.54 Å². The van der Waals surface area contributed by atoms with E-state index in [1.165, 1.54) is 12.5 Å². The number of aliphatic carboxylic acids is 1. The molecule has 1 aromatic heterocycles. The number of benzene rings is 1. The van der Waals surface area contributed by atoms with Crippen LogP contribution in [0.5, 0.6) is 0 Å². The summed E-state index contributed by atoms with van der Waals surface area (Å²) in [5.41, 5.74) is 1.34. The van der Waals surface area contributed by atoms with Crippen molar-refractivity contribution in [3.05, 3.63) is 54.1 Å². The van der Waals surface area contributed by atoms with E-state index in [0.717, 1.165) is 18.5 Å². The third-order valence-electron chi connectivity index (χ3n) is 6.13. The van der Waals surface area contributed by atoms with Crippen LogP contribution in [0.25, 0.3) is 0 Å². The Morgan fingerprint density at radius 1 is 1.03 bits per heavy atom. The average Bonchev–Trinajstić information content (AvgIpc) is 3.56. The first kappa shape index (κ1) is 26.9. The van der Waals surface area contributed by atoms with E-state index in [2.05, 4.69) is 31.2 Å². The Bertz CT molecular complexity index is 1020. The molecular formula is C25H34N6O5. The number of carboxylic acid groups (broad SMARTS) is 1. The summed E-state index contributed by atoms with van der Waals surface area (Å²) in [5.74, 6) is -2.84. The summed E-state index contributed by atoms with van der Waals surface area (Å²) in [5, 5.41) is 20.8. The maximum Gasteiger partial charge on any atom is 0.326 e. The molecule has 3 rings (SSSR count). The second-order valence-corrected chi connectivity index (χ2v) is 9.31. The molecule has 1 aromatic carbocycles. The largest absolute Gasteiger partial charge is 0.480 e. The maximum atomic E-state index is 13.3. The molecule has 0 aliphatic carbocycles. The van der Waals surface area contributed by atoms with Gasteiger partial charge in [-0.1, -0.05) is 44.2 Å². The number of hydrogen-bond acceptors (Lipinski definition) is 6. The van der Waals surface area contributed by atoms with E-state index in [-0.39, 0.29) is 30.7 Å². The Hall–Kier alpha value is -3.73. The first-order chi connectivity index (χ1) is 17.2. The van der Waals surface area contributed by atoms with Gasteiger partial charge in [-0.2, -0.15) is 0 Å². The summed E-state index contributed by atoms with van der Waals surface area (Å²) in [6, 6.07) is 5.63. The van der Waals surface area contributed by atoms with Gasteiger partial charge < -0.3 is 31.4 Å². The average molecular weight is 499 g/mol. The number of nitrogens with one attached hydrogen (secondary N) is 5. The number of carbonyl (C=O) groups is 4.